The third-order valence-corrected chi connectivity index (χ3v) is 10.5. The van der Waals surface area contributed by atoms with Crippen molar-refractivity contribution >= 4 is 31.7 Å². The number of hydrogen-bond acceptors (Lipinski definition) is 6. The fourth-order valence-electron chi connectivity index (χ4n) is 4.34. The Morgan fingerprint density at radius 3 is 2.33 bits per heavy atom. The third-order valence-electron chi connectivity index (χ3n) is 7.33. The first-order chi connectivity index (χ1) is 18.8. The molecule has 214 valence electrons. The fraction of sp³-hybridized carbons (Fsp3) is 0.500. The maximum atomic E-state index is 10.3. The molecule has 0 aliphatic rings. The van der Waals surface area contributed by atoms with Gasteiger partial charge < -0.3 is 14.9 Å². The lowest BCUT2D eigenvalue weighted by atomic mass is 9.95. The minimum absolute atomic E-state index is 0.157. The molecule has 2 aromatic carbocycles. The molecule has 0 heterocycles. The summed E-state index contributed by atoms with van der Waals surface area (Å²) >= 11 is 3.50. The van der Waals surface area contributed by atoms with Gasteiger partial charge in [0.1, 0.15) is 24.3 Å². The molecule has 2 N–H and O–H groups in total. The van der Waals surface area contributed by atoms with Crippen molar-refractivity contribution in [1.82, 2.24) is 0 Å². The molecule has 3 unspecified atom stereocenters. The number of aromatic hydroxyl groups is 1. The van der Waals surface area contributed by atoms with Crippen molar-refractivity contribution in [2.75, 3.05) is 5.75 Å². The van der Waals surface area contributed by atoms with Gasteiger partial charge in [0.15, 0.2) is 0 Å². The Hall–Kier alpha value is -1.80. The van der Waals surface area contributed by atoms with E-state index in [0.29, 0.717) is 5.75 Å². The normalized spacial score (nSPS) is 16.1. The number of ether oxygens (including phenoxy) is 1. The summed E-state index contributed by atoms with van der Waals surface area (Å²) < 4.78 is 12.4. The predicted molar refractivity (Wildman–Crippen MR) is 173 cm³/mol. The SMILES string of the molecule is BCC(CC)(OSC(C=CC)(CC)CCc1ccccc1O)SCCCc1ccccc1OC(O)C(C)=CC. The van der Waals surface area contributed by atoms with E-state index in [2.05, 4.69) is 46.8 Å². The van der Waals surface area contributed by atoms with Crippen LogP contribution in [0.15, 0.2) is 72.3 Å². The highest BCUT2D eigenvalue weighted by Gasteiger charge is 2.34. The molecule has 2 rings (SSSR count). The van der Waals surface area contributed by atoms with Crippen LogP contribution in [0.5, 0.6) is 11.5 Å². The highest BCUT2D eigenvalue weighted by molar-refractivity contribution is 8.02. The second-order valence-corrected chi connectivity index (χ2v) is 12.5. The minimum Gasteiger partial charge on any atom is -0.508 e. The van der Waals surface area contributed by atoms with Crippen LogP contribution >= 0.6 is 23.8 Å². The molecule has 0 aliphatic heterocycles. The monoisotopic (exact) mass is 570 g/mol. The Kier molecular flexibility index (Phi) is 14.7. The van der Waals surface area contributed by atoms with Crippen LogP contribution < -0.4 is 4.74 Å². The van der Waals surface area contributed by atoms with Gasteiger partial charge in [-0.1, -0.05) is 68.5 Å². The maximum Gasteiger partial charge on any atom is 0.219 e. The van der Waals surface area contributed by atoms with Crippen LogP contribution in [0.4, 0.5) is 0 Å². The standard InChI is InChI=1S/C32H47BO4S2/c1-6-21-31(8-3,22-20-26-15-10-12-18-28(26)34)39-37-32(9-4,24-33)38-23-14-17-27-16-11-13-19-29(27)36-30(35)25(5)7-2/h6-7,10-13,15-16,18-19,21,30,34-35H,8-9,14,17,20,22-24,33H2,1-5H3. The van der Waals surface area contributed by atoms with Crippen molar-refractivity contribution in [2.24, 2.45) is 0 Å². The van der Waals surface area contributed by atoms with Gasteiger partial charge in [-0.2, -0.15) is 0 Å². The number of phenolic OH excluding ortho intramolecular Hbond substituents is 1. The van der Waals surface area contributed by atoms with Gasteiger partial charge in [-0.15, -0.1) is 11.8 Å². The number of rotatable bonds is 18. The second-order valence-electron chi connectivity index (χ2n) is 9.89. The van der Waals surface area contributed by atoms with Crippen LogP contribution in [-0.2, 0) is 17.0 Å². The molecule has 39 heavy (non-hydrogen) atoms. The number of aliphatic hydroxyl groups is 1. The van der Waals surface area contributed by atoms with Gasteiger partial charge in [0.2, 0.25) is 6.29 Å². The average Bonchev–Trinajstić information content (AvgIpc) is 2.96. The molecule has 7 heteroatoms. The van der Waals surface area contributed by atoms with Crippen molar-refractivity contribution in [1.29, 1.82) is 0 Å². The molecule has 0 spiro atoms. The molecule has 4 nitrogen and oxygen atoms in total. The molecule has 0 amide bonds. The topological polar surface area (TPSA) is 58.9 Å². The van der Waals surface area contributed by atoms with Crippen LogP contribution in [-0.4, -0.2) is 39.8 Å². The third kappa shape index (κ3) is 10.3. The molecule has 0 bridgehead atoms. The highest BCUT2D eigenvalue weighted by Crippen LogP contribution is 2.45. The van der Waals surface area contributed by atoms with Gasteiger partial charge in [-0.25, -0.2) is 0 Å². The number of allylic oxidation sites excluding steroid dienone is 2. The van der Waals surface area contributed by atoms with Crippen LogP contribution in [0.3, 0.4) is 0 Å². The lowest BCUT2D eigenvalue weighted by Gasteiger charge is -2.36. The number of phenols is 1. The Morgan fingerprint density at radius 2 is 1.72 bits per heavy atom. The zero-order chi connectivity index (χ0) is 28.7. The summed E-state index contributed by atoms with van der Waals surface area (Å²) in [6.07, 6.45) is 11.7. The van der Waals surface area contributed by atoms with Crippen molar-refractivity contribution in [2.45, 2.75) is 95.4 Å². The van der Waals surface area contributed by atoms with Gasteiger partial charge in [-0.3, -0.25) is 4.18 Å². The van der Waals surface area contributed by atoms with Crippen LogP contribution in [0.2, 0.25) is 6.32 Å². The van der Waals surface area contributed by atoms with Crippen LogP contribution in [0.1, 0.15) is 71.4 Å². The first-order valence-electron chi connectivity index (χ1n) is 14.2. The summed E-state index contributed by atoms with van der Waals surface area (Å²) in [6, 6.07) is 15.6. The first kappa shape index (κ1) is 33.4. The molecule has 0 aliphatic carbocycles. The Balaban J connectivity index is 2.01. The molecular weight excluding hydrogens is 523 g/mol. The summed E-state index contributed by atoms with van der Waals surface area (Å²) in [4.78, 5) is -0.267. The quantitative estimate of drug-likeness (QED) is 0.0625. The molecule has 0 aromatic heterocycles. The van der Waals surface area contributed by atoms with E-state index in [1.807, 2.05) is 68.1 Å². The van der Waals surface area contributed by atoms with Crippen LogP contribution in [0.25, 0.3) is 0 Å². The number of thioether (sulfide) groups is 1. The summed E-state index contributed by atoms with van der Waals surface area (Å²) in [6.45, 7) is 10.2. The summed E-state index contributed by atoms with van der Waals surface area (Å²) in [7, 11) is 2.20. The lowest BCUT2D eigenvalue weighted by Crippen LogP contribution is -2.30. The summed E-state index contributed by atoms with van der Waals surface area (Å²) in [5, 5.41) is 20.6. The van der Waals surface area contributed by atoms with E-state index in [4.69, 9.17) is 8.92 Å². The predicted octanol–water partition coefficient (Wildman–Crippen LogP) is 7.90. The van der Waals surface area contributed by atoms with E-state index in [9.17, 15) is 10.2 Å². The molecule has 0 saturated heterocycles. The molecule has 2 aromatic rings. The van der Waals surface area contributed by atoms with Gasteiger partial charge in [0.05, 0.1) is 4.75 Å². The van der Waals surface area contributed by atoms with Gasteiger partial charge in [0.25, 0.3) is 0 Å². The average molecular weight is 571 g/mol. The van der Waals surface area contributed by atoms with E-state index < -0.39 is 6.29 Å². The molecular formula is C32H47BO4S2. The Labute approximate surface area is 246 Å². The zero-order valence-electron chi connectivity index (χ0n) is 24.6. The maximum absolute atomic E-state index is 10.3. The minimum atomic E-state index is -0.925. The van der Waals surface area contributed by atoms with Gasteiger partial charge in [-0.05, 0) is 100 Å². The lowest BCUT2D eigenvalue weighted by molar-refractivity contribution is 0.0139. The summed E-state index contributed by atoms with van der Waals surface area (Å²) in [5.41, 5.74) is 2.88. The summed E-state index contributed by atoms with van der Waals surface area (Å²) in [5.74, 6) is 2.07. The zero-order valence-corrected chi connectivity index (χ0v) is 26.2. The molecule has 3 atom stereocenters. The van der Waals surface area contributed by atoms with Crippen LogP contribution in [0, 0.1) is 0 Å². The van der Waals surface area contributed by atoms with E-state index in [1.165, 1.54) is 0 Å². The van der Waals surface area contributed by atoms with E-state index in [0.717, 1.165) is 73.0 Å². The fourth-order valence-corrected chi connectivity index (χ4v) is 6.75. The number of para-hydroxylation sites is 2. The highest BCUT2D eigenvalue weighted by atomic mass is 32.2. The van der Waals surface area contributed by atoms with Gasteiger partial charge in [0, 0.05) is 12.0 Å². The molecule has 0 fully saturated rings. The number of benzene rings is 2. The smallest absolute Gasteiger partial charge is 0.219 e. The van der Waals surface area contributed by atoms with E-state index >= 15 is 0 Å². The first-order valence-corrected chi connectivity index (χ1v) is 16.0. The molecule has 0 radical (unpaired) electrons. The van der Waals surface area contributed by atoms with Crippen molar-refractivity contribution in [3.63, 3.8) is 0 Å². The van der Waals surface area contributed by atoms with Gasteiger partial charge >= 0.3 is 0 Å². The number of aliphatic hydroxyl groups excluding tert-OH is 1. The van der Waals surface area contributed by atoms with Crippen molar-refractivity contribution in [3.8, 4) is 11.5 Å². The second kappa shape index (κ2) is 17.1. The number of aryl methyl sites for hydroxylation is 2. The van der Waals surface area contributed by atoms with E-state index in [-0.39, 0.29) is 9.68 Å². The molecule has 0 saturated carbocycles. The number of hydrogen-bond donors (Lipinski definition) is 2. The Bertz CT molecular complexity index is 1050. The Morgan fingerprint density at radius 1 is 1.03 bits per heavy atom. The largest absolute Gasteiger partial charge is 0.508 e. The van der Waals surface area contributed by atoms with E-state index in [1.54, 1.807) is 18.1 Å². The van der Waals surface area contributed by atoms with Crippen molar-refractivity contribution < 1.29 is 19.1 Å². The van der Waals surface area contributed by atoms with Crippen molar-refractivity contribution in [3.05, 3.63) is 83.5 Å².